The molecular weight excluding hydrogens is 510 g/mol. The van der Waals surface area contributed by atoms with Crippen LogP contribution in [0.25, 0.3) is 17.1 Å². The van der Waals surface area contributed by atoms with Crippen LogP contribution in [0.5, 0.6) is 11.5 Å². The molecule has 8 nitrogen and oxygen atoms in total. The molecule has 37 heavy (non-hydrogen) atoms. The summed E-state index contributed by atoms with van der Waals surface area (Å²) in [6.45, 7) is 4.35. The predicted octanol–water partition coefficient (Wildman–Crippen LogP) is 5.63. The van der Waals surface area contributed by atoms with E-state index in [9.17, 15) is 4.79 Å². The molecule has 0 spiro atoms. The molecule has 0 fully saturated rings. The standard InChI is InChI=1S/C27H26ClN5O3S/c1-4-36-24-15-11-22(12-16-24)33-26(20-5-9-21(28)10-6-20)31-32-27(33)37-17-25(34)30-29-18(2)19-7-13-23(35-3)14-8-19/h5-16H,4,17H2,1-3H3,(H,30,34). The highest BCUT2D eigenvalue weighted by molar-refractivity contribution is 7.99. The molecule has 1 aromatic heterocycles. The van der Waals surface area contributed by atoms with Crippen molar-refractivity contribution in [3.63, 3.8) is 0 Å². The number of benzene rings is 3. The maximum atomic E-state index is 12.6. The summed E-state index contributed by atoms with van der Waals surface area (Å²) in [6, 6.07) is 22.5. The molecule has 0 aliphatic rings. The molecule has 0 atom stereocenters. The van der Waals surface area contributed by atoms with Crippen molar-refractivity contribution < 1.29 is 14.3 Å². The van der Waals surface area contributed by atoms with Crippen molar-refractivity contribution in [1.29, 1.82) is 0 Å². The van der Waals surface area contributed by atoms with Gasteiger partial charge in [-0.05, 0) is 92.2 Å². The molecule has 1 amide bonds. The number of hydrogen-bond donors (Lipinski definition) is 1. The van der Waals surface area contributed by atoms with E-state index in [1.165, 1.54) is 11.8 Å². The highest BCUT2D eigenvalue weighted by Crippen LogP contribution is 2.29. The van der Waals surface area contributed by atoms with E-state index in [0.717, 1.165) is 28.3 Å². The van der Waals surface area contributed by atoms with Crippen LogP contribution in [0.15, 0.2) is 83.1 Å². The molecule has 10 heteroatoms. The number of hydrazone groups is 1. The predicted molar refractivity (Wildman–Crippen MR) is 147 cm³/mol. The van der Waals surface area contributed by atoms with Crippen LogP contribution in [0.1, 0.15) is 19.4 Å². The number of halogens is 1. The highest BCUT2D eigenvalue weighted by Gasteiger charge is 2.17. The van der Waals surface area contributed by atoms with Crippen molar-refractivity contribution in [1.82, 2.24) is 20.2 Å². The molecule has 0 saturated heterocycles. The molecule has 3 aromatic carbocycles. The van der Waals surface area contributed by atoms with E-state index in [-0.39, 0.29) is 11.7 Å². The fourth-order valence-electron chi connectivity index (χ4n) is 3.45. The minimum Gasteiger partial charge on any atom is -0.497 e. The van der Waals surface area contributed by atoms with Gasteiger partial charge in [-0.2, -0.15) is 5.10 Å². The summed E-state index contributed by atoms with van der Waals surface area (Å²) in [4.78, 5) is 12.6. The number of amides is 1. The Morgan fingerprint density at radius 3 is 2.32 bits per heavy atom. The first-order valence-corrected chi connectivity index (χ1v) is 12.9. The second kappa shape index (κ2) is 12.4. The van der Waals surface area contributed by atoms with Crippen LogP contribution in [0.4, 0.5) is 0 Å². The number of aromatic nitrogens is 3. The average Bonchev–Trinajstić information content (AvgIpc) is 3.35. The third kappa shape index (κ3) is 6.69. The van der Waals surface area contributed by atoms with Crippen molar-refractivity contribution in [2.45, 2.75) is 19.0 Å². The minimum atomic E-state index is -0.257. The molecule has 4 rings (SSSR count). The first-order valence-electron chi connectivity index (χ1n) is 11.5. The van der Waals surface area contributed by atoms with E-state index in [1.54, 1.807) is 19.2 Å². The Morgan fingerprint density at radius 2 is 1.68 bits per heavy atom. The lowest BCUT2D eigenvalue weighted by Gasteiger charge is -2.11. The number of nitrogens with zero attached hydrogens (tertiary/aromatic N) is 4. The van der Waals surface area contributed by atoms with Gasteiger partial charge in [0.1, 0.15) is 11.5 Å². The first-order chi connectivity index (χ1) is 18.0. The van der Waals surface area contributed by atoms with E-state index in [0.29, 0.717) is 28.3 Å². The second-order valence-corrected chi connectivity index (χ2v) is 9.20. The summed E-state index contributed by atoms with van der Waals surface area (Å²) in [5, 5.41) is 14.2. The number of methoxy groups -OCH3 is 1. The van der Waals surface area contributed by atoms with Crippen molar-refractivity contribution >= 4 is 35.0 Å². The third-order valence-electron chi connectivity index (χ3n) is 5.33. The minimum absolute atomic E-state index is 0.106. The van der Waals surface area contributed by atoms with E-state index in [2.05, 4.69) is 20.7 Å². The molecule has 0 unspecified atom stereocenters. The molecule has 1 heterocycles. The zero-order chi connectivity index (χ0) is 26.2. The molecule has 0 bridgehead atoms. The zero-order valence-corrected chi connectivity index (χ0v) is 22.2. The number of thioether (sulfide) groups is 1. The van der Waals surface area contributed by atoms with Gasteiger partial charge in [0.15, 0.2) is 11.0 Å². The van der Waals surface area contributed by atoms with Gasteiger partial charge in [-0.15, -0.1) is 10.2 Å². The Kier molecular flexibility index (Phi) is 8.81. The molecule has 190 valence electrons. The van der Waals surface area contributed by atoms with Crippen LogP contribution in [0.2, 0.25) is 5.02 Å². The fourth-order valence-corrected chi connectivity index (χ4v) is 4.32. The van der Waals surface area contributed by atoms with Crippen molar-refractivity contribution in [3.8, 4) is 28.6 Å². The zero-order valence-electron chi connectivity index (χ0n) is 20.6. The van der Waals surface area contributed by atoms with Gasteiger partial charge in [0.2, 0.25) is 0 Å². The Bertz CT molecular complexity index is 1370. The number of ether oxygens (including phenoxy) is 2. The van der Waals surface area contributed by atoms with Crippen LogP contribution in [0, 0.1) is 0 Å². The molecule has 4 aromatic rings. The Hall–Kier alpha value is -3.82. The Morgan fingerprint density at radius 1 is 1.00 bits per heavy atom. The van der Waals surface area contributed by atoms with Crippen LogP contribution >= 0.6 is 23.4 Å². The first kappa shape index (κ1) is 26.2. The maximum Gasteiger partial charge on any atom is 0.250 e. The van der Waals surface area contributed by atoms with Gasteiger partial charge >= 0.3 is 0 Å². The van der Waals surface area contributed by atoms with Gasteiger partial charge in [-0.3, -0.25) is 9.36 Å². The van der Waals surface area contributed by atoms with Crippen molar-refractivity contribution in [2.75, 3.05) is 19.5 Å². The van der Waals surface area contributed by atoms with Gasteiger partial charge in [0.05, 0.1) is 25.2 Å². The molecule has 0 aliphatic heterocycles. The normalized spacial score (nSPS) is 11.3. The number of carbonyl (C=O) groups is 1. The lowest BCUT2D eigenvalue weighted by molar-refractivity contribution is -0.118. The summed E-state index contributed by atoms with van der Waals surface area (Å²) in [7, 11) is 1.61. The van der Waals surface area contributed by atoms with E-state index in [4.69, 9.17) is 21.1 Å². The van der Waals surface area contributed by atoms with Crippen LogP contribution in [0.3, 0.4) is 0 Å². The summed E-state index contributed by atoms with van der Waals surface area (Å²) in [5.74, 6) is 2.01. The van der Waals surface area contributed by atoms with Crippen LogP contribution in [-0.4, -0.2) is 45.9 Å². The van der Waals surface area contributed by atoms with Gasteiger partial charge in [-0.1, -0.05) is 23.4 Å². The number of nitrogens with one attached hydrogen (secondary N) is 1. The van der Waals surface area contributed by atoms with E-state index < -0.39 is 0 Å². The van der Waals surface area contributed by atoms with Crippen LogP contribution in [-0.2, 0) is 4.79 Å². The monoisotopic (exact) mass is 535 g/mol. The van der Waals surface area contributed by atoms with Gasteiger partial charge in [0.25, 0.3) is 5.91 Å². The molecule has 0 saturated carbocycles. The summed E-state index contributed by atoms with van der Waals surface area (Å²) in [6.07, 6.45) is 0. The lowest BCUT2D eigenvalue weighted by Crippen LogP contribution is -2.21. The van der Waals surface area contributed by atoms with Crippen molar-refractivity contribution in [2.24, 2.45) is 5.10 Å². The molecule has 0 radical (unpaired) electrons. The van der Waals surface area contributed by atoms with Gasteiger partial charge in [0, 0.05) is 16.3 Å². The summed E-state index contributed by atoms with van der Waals surface area (Å²) < 4.78 is 12.7. The Labute approximate surface area is 224 Å². The number of rotatable bonds is 10. The second-order valence-electron chi connectivity index (χ2n) is 7.82. The summed E-state index contributed by atoms with van der Waals surface area (Å²) >= 11 is 7.35. The van der Waals surface area contributed by atoms with E-state index >= 15 is 0 Å². The molecule has 0 aliphatic carbocycles. The van der Waals surface area contributed by atoms with Crippen molar-refractivity contribution in [3.05, 3.63) is 83.4 Å². The number of hydrogen-bond acceptors (Lipinski definition) is 7. The Balaban J connectivity index is 1.52. The SMILES string of the molecule is CCOc1ccc(-n2c(SCC(=O)NN=C(C)c3ccc(OC)cc3)nnc2-c2ccc(Cl)cc2)cc1. The number of carbonyl (C=O) groups excluding carboxylic acids is 1. The smallest absolute Gasteiger partial charge is 0.250 e. The average molecular weight is 536 g/mol. The van der Waals surface area contributed by atoms with Gasteiger partial charge < -0.3 is 9.47 Å². The third-order valence-corrected chi connectivity index (χ3v) is 6.51. The fraction of sp³-hybridized carbons (Fsp3) is 0.185. The topological polar surface area (TPSA) is 90.6 Å². The lowest BCUT2D eigenvalue weighted by atomic mass is 10.1. The largest absolute Gasteiger partial charge is 0.497 e. The van der Waals surface area contributed by atoms with Crippen LogP contribution < -0.4 is 14.9 Å². The van der Waals surface area contributed by atoms with Gasteiger partial charge in [-0.25, -0.2) is 5.43 Å². The summed E-state index contributed by atoms with van der Waals surface area (Å²) in [5.41, 5.74) is 5.87. The molecule has 1 N–H and O–H groups in total. The van der Waals surface area contributed by atoms with E-state index in [1.807, 2.05) is 79.1 Å². The quantitative estimate of drug-likeness (QED) is 0.161. The molecular formula is C27H26ClN5O3S. The highest BCUT2D eigenvalue weighted by atomic mass is 35.5. The maximum absolute atomic E-state index is 12.6.